The van der Waals surface area contributed by atoms with Crippen LogP contribution in [-0.4, -0.2) is 64.7 Å². The van der Waals surface area contributed by atoms with Gasteiger partial charge in [-0.25, -0.2) is 9.37 Å². The number of hydrogen-bond donors (Lipinski definition) is 2. The predicted molar refractivity (Wildman–Crippen MR) is 119 cm³/mol. The highest BCUT2D eigenvalue weighted by Gasteiger charge is 2.45. The van der Waals surface area contributed by atoms with Gasteiger partial charge < -0.3 is 20.1 Å². The summed E-state index contributed by atoms with van der Waals surface area (Å²) in [4.78, 5) is 43.8. The molecular weight excluding hydrogens is 426 g/mol. The molecule has 170 valence electrons. The maximum atomic E-state index is 14.6. The highest BCUT2D eigenvalue weighted by molar-refractivity contribution is 6.09. The number of carbonyl (C=O) groups excluding carboxylic acids is 3. The maximum absolute atomic E-state index is 14.6. The lowest BCUT2D eigenvalue weighted by atomic mass is 9.95. The Balaban J connectivity index is 1.43. The van der Waals surface area contributed by atoms with Crippen LogP contribution in [-0.2, 0) is 9.59 Å². The third-order valence-electron chi connectivity index (χ3n) is 6.12. The van der Waals surface area contributed by atoms with Crippen molar-refractivity contribution in [3.63, 3.8) is 0 Å². The molecule has 0 radical (unpaired) electrons. The van der Waals surface area contributed by atoms with Gasteiger partial charge in [-0.2, -0.15) is 5.26 Å². The van der Waals surface area contributed by atoms with Gasteiger partial charge in [-0.15, -0.1) is 0 Å². The van der Waals surface area contributed by atoms with Crippen molar-refractivity contribution in [2.24, 2.45) is 5.92 Å². The van der Waals surface area contributed by atoms with Crippen LogP contribution in [0.25, 0.3) is 5.69 Å². The molecule has 1 aliphatic carbocycles. The molecule has 2 aromatic rings. The number of benzene rings is 1. The first kappa shape index (κ1) is 22.5. The minimum atomic E-state index is -0.776. The van der Waals surface area contributed by atoms with Crippen LogP contribution in [0.5, 0.6) is 0 Å². The van der Waals surface area contributed by atoms with Crippen LogP contribution in [0.1, 0.15) is 29.6 Å². The van der Waals surface area contributed by atoms with E-state index in [0.29, 0.717) is 19.3 Å². The van der Waals surface area contributed by atoms with Gasteiger partial charge in [0.25, 0.3) is 5.91 Å². The van der Waals surface area contributed by atoms with Gasteiger partial charge in [-0.3, -0.25) is 14.4 Å². The third kappa shape index (κ3) is 4.74. The van der Waals surface area contributed by atoms with Gasteiger partial charge in [0, 0.05) is 24.5 Å². The Morgan fingerprint density at radius 1 is 1.27 bits per heavy atom. The van der Waals surface area contributed by atoms with Crippen LogP contribution in [0.3, 0.4) is 0 Å². The average molecular weight is 450 g/mol. The van der Waals surface area contributed by atoms with Crippen molar-refractivity contribution < 1.29 is 18.8 Å². The Hall–Kier alpha value is -3.68. The molecule has 9 nitrogen and oxygen atoms in total. The zero-order valence-electron chi connectivity index (χ0n) is 18.2. The second-order valence-electron chi connectivity index (χ2n) is 8.36. The van der Waals surface area contributed by atoms with Gasteiger partial charge in [-0.1, -0.05) is 0 Å². The molecule has 0 spiro atoms. The first-order valence-electron chi connectivity index (χ1n) is 11.0. The first-order chi connectivity index (χ1) is 15.9. The standard InChI is InChI=1S/C22H24BFN6O3/c23-10-15(11-25)27-21(32)18-5-7-30(18)22(33)19(13-1-2-13)28-20(31)14-3-4-17(16(24)9-14)29-8-6-26-12-29/h3-4,6,8-9,12-13,15,18-19H,1-2,5,7,10,23H2,(H,27,32)(H,28,31). The summed E-state index contributed by atoms with van der Waals surface area (Å²) >= 11 is 0. The van der Waals surface area contributed by atoms with E-state index < -0.39 is 29.8 Å². The van der Waals surface area contributed by atoms with Gasteiger partial charge in [0.05, 0.1) is 18.1 Å². The van der Waals surface area contributed by atoms with E-state index in [1.807, 2.05) is 6.07 Å². The van der Waals surface area contributed by atoms with Gasteiger partial charge >= 0.3 is 0 Å². The minimum absolute atomic E-state index is 0.0108. The Kier molecular flexibility index (Phi) is 6.44. The molecule has 11 heteroatoms. The van der Waals surface area contributed by atoms with E-state index in [2.05, 4.69) is 15.6 Å². The van der Waals surface area contributed by atoms with E-state index in [1.165, 1.54) is 34.1 Å². The van der Waals surface area contributed by atoms with Crippen molar-refractivity contribution in [3.05, 3.63) is 48.3 Å². The number of imidazole rings is 1. The van der Waals surface area contributed by atoms with Crippen LogP contribution >= 0.6 is 0 Å². The Morgan fingerprint density at radius 2 is 2.06 bits per heavy atom. The number of nitrogens with one attached hydrogen (secondary N) is 2. The fourth-order valence-corrected chi connectivity index (χ4v) is 3.89. The number of hydrogen-bond acceptors (Lipinski definition) is 5. The summed E-state index contributed by atoms with van der Waals surface area (Å²) in [5, 5.41) is 14.5. The summed E-state index contributed by atoms with van der Waals surface area (Å²) in [6, 6.07) is 4.09. The van der Waals surface area contributed by atoms with Gasteiger partial charge in [-0.05, 0) is 49.7 Å². The molecule has 2 fully saturated rings. The minimum Gasteiger partial charge on any atom is -0.340 e. The van der Waals surface area contributed by atoms with E-state index >= 15 is 0 Å². The summed E-state index contributed by atoms with van der Waals surface area (Å²) in [5.74, 6) is -1.83. The molecular formula is C22H24BFN6O3. The number of amides is 3. The first-order valence-corrected chi connectivity index (χ1v) is 11.0. The molecule has 33 heavy (non-hydrogen) atoms. The lowest BCUT2D eigenvalue weighted by Crippen LogP contribution is -2.63. The summed E-state index contributed by atoms with van der Waals surface area (Å²) in [5.41, 5.74) is 0.364. The van der Waals surface area contributed by atoms with Crippen LogP contribution in [0.15, 0.2) is 36.9 Å². The molecule has 1 saturated heterocycles. The smallest absolute Gasteiger partial charge is 0.252 e. The monoisotopic (exact) mass is 450 g/mol. The van der Waals surface area contributed by atoms with Crippen LogP contribution in [0.2, 0.25) is 6.32 Å². The molecule has 2 N–H and O–H groups in total. The highest BCUT2D eigenvalue weighted by atomic mass is 19.1. The van der Waals surface area contributed by atoms with E-state index in [1.54, 1.807) is 14.0 Å². The molecule has 4 rings (SSSR count). The molecule has 1 saturated carbocycles. The van der Waals surface area contributed by atoms with Gasteiger partial charge in [0.15, 0.2) is 0 Å². The predicted octanol–water partition coefficient (Wildman–Crippen LogP) is 0.180. The summed E-state index contributed by atoms with van der Waals surface area (Å²) in [6.07, 6.45) is 7.14. The number of nitriles is 1. The zero-order chi connectivity index (χ0) is 23.5. The van der Waals surface area contributed by atoms with E-state index in [-0.39, 0.29) is 29.0 Å². The van der Waals surface area contributed by atoms with E-state index in [0.717, 1.165) is 18.9 Å². The van der Waals surface area contributed by atoms with Crippen molar-refractivity contribution in [2.45, 2.75) is 43.7 Å². The number of carbonyl (C=O) groups is 3. The second-order valence-corrected chi connectivity index (χ2v) is 8.36. The molecule has 1 aromatic heterocycles. The maximum Gasteiger partial charge on any atom is 0.252 e. The summed E-state index contributed by atoms with van der Waals surface area (Å²) in [7, 11) is 1.79. The summed E-state index contributed by atoms with van der Waals surface area (Å²) < 4.78 is 16.1. The lowest BCUT2D eigenvalue weighted by Gasteiger charge is -2.42. The highest BCUT2D eigenvalue weighted by Crippen LogP contribution is 2.35. The number of nitrogens with zero attached hydrogens (tertiary/aromatic N) is 4. The molecule has 2 aliphatic rings. The number of likely N-dealkylation sites (tertiary alicyclic amines) is 1. The van der Waals surface area contributed by atoms with Crippen molar-refractivity contribution in [3.8, 4) is 11.8 Å². The zero-order valence-corrected chi connectivity index (χ0v) is 18.2. The second kappa shape index (κ2) is 9.44. The SMILES string of the molecule is BCC(C#N)NC(=O)C1CCN1C(=O)C(NC(=O)c1ccc(-n2ccnc2)c(F)c1)C1CC1. The Labute approximate surface area is 191 Å². The van der Waals surface area contributed by atoms with Gasteiger partial charge in [0.2, 0.25) is 11.8 Å². The third-order valence-corrected chi connectivity index (χ3v) is 6.12. The van der Waals surface area contributed by atoms with Gasteiger partial charge in [0.1, 0.15) is 31.8 Å². The fraction of sp³-hybridized carbons (Fsp3) is 0.409. The lowest BCUT2D eigenvalue weighted by molar-refractivity contribution is -0.149. The molecule has 3 atom stereocenters. The fourth-order valence-electron chi connectivity index (χ4n) is 3.89. The largest absolute Gasteiger partial charge is 0.340 e. The molecule has 0 bridgehead atoms. The van der Waals surface area contributed by atoms with E-state index in [9.17, 15) is 18.8 Å². The van der Waals surface area contributed by atoms with Crippen molar-refractivity contribution in [2.75, 3.05) is 6.54 Å². The van der Waals surface area contributed by atoms with Crippen molar-refractivity contribution >= 4 is 25.6 Å². The van der Waals surface area contributed by atoms with Crippen molar-refractivity contribution in [1.29, 1.82) is 5.26 Å². The van der Waals surface area contributed by atoms with Crippen LogP contribution in [0, 0.1) is 23.1 Å². The van der Waals surface area contributed by atoms with Crippen LogP contribution in [0.4, 0.5) is 4.39 Å². The molecule has 2 heterocycles. The van der Waals surface area contributed by atoms with Crippen molar-refractivity contribution in [1.82, 2.24) is 25.1 Å². The number of halogens is 1. The van der Waals surface area contributed by atoms with Crippen LogP contribution < -0.4 is 10.6 Å². The molecule has 1 aliphatic heterocycles. The molecule has 3 amide bonds. The molecule has 1 aromatic carbocycles. The normalized spacial score (nSPS) is 19.0. The topological polar surface area (TPSA) is 120 Å². The number of aromatic nitrogens is 2. The number of rotatable bonds is 8. The Bertz CT molecular complexity index is 1100. The van der Waals surface area contributed by atoms with E-state index in [4.69, 9.17) is 5.26 Å². The Morgan fingerprint density at radius 3 is 2.61 bits per heavy atom. The average Bonchev–Trinajstić information content (AvgIpc) is 3.47. The molecule has 3 unspecified atom stereocenters. The quantitative estimate of drug-likeness (QED) is 0.556. The summed E-state index contributed by atoms with van der Waals surface area (Å²) in [6.45, 7) is 0.410.